The molecule has 0 spiro atoms. The zero-order chi connectivity index (χ0) is 20.8. The summed E-state index contributed by atoms with van der Waals surface area (Å²) in [5, 5.41) is -11.8. The molecule has 150 valence electrons. The number of rotatable bonds is 6. The molecule has 0 aliphatic heterocycles. The number of alkyl halides is 6. The molecular weight excluding hydrogens is 406 g/mol. The van der Waals surface area contributed by atoms with Crippen LogP contribution in [0.25, 0.3) is 0 Å². The highest BCUT2D eigenvalue weighted by atomic mass is 32.2. The first-order chi connectivity index (χ1) is 11.3. The van der Waals surface area contributed by atoms with E-state index >= 15 is 0 Å². The van der Waals surface area contributed by atoms with Gasteiger partial charge >= 0.3 is 26.5 Å². The van der Waals surface area contributed by atoms with Crippen molar-refractivity contribution in [3.63, 3.8) is 0 Å². The largest absolute Gasteiger partial charge is 0.450 e. The first-order valence-electron chi connectivity index (χ1n) is 7.24. The van der Waals surface area contributed by atoms with Crippen molar-refractivity contribution >= 4 is 22.7 Å². The van der Waals surface area contributed by atoms with Crippen LogP contribution in [-0.2, 0) is 10.1 Å². The predicted octanol–water partition coefficient (Wildman–Crippen LogP) is 5.30. The summed E-state index contributed by atoms with van der Waals surface area (Å²) in [4.78, 5) is 0. The zero-order valence-electron chi connectivity index (χ0n) is 14.2. The normalized spacial score (nSPS) is 15.7. The van der Waals surface area contributed by atoms with Gasteiger partial charge in [-0.1, -0.05) is 52.5 Å². The zero-order valence-corrected chi connectivity index (χ0v) is 15.9. The maximum atomic E-state index is 13.5. The summed E-state index contributed by atoms with van der Waals surface area (Å²) in [6.07, 6.45) is 0. The molecule has 26 heavy (non-hydrogen) atoms. The Labute approximate surface area is 153 Å². The molecule has 0 fully saturated rings. The second-order valence-corrected chi connectivity index (χ2v) is 8.98. The van der Waals surface area contributed by atoms with Gasteiger partial charge in [0.05, 0.1) is 0 Å². The van der Waals surface area contributed by atoms with E-state index in [9.17, 15) is 34.8 Å². The third kappa shape index (κ3) is 4.24. The third-order valence-corrected chi connectivity index (χ3v) is 5.52. The van der Waals surface area contributed by atoms with Crippen LogP contribution in [0.2, 0.25) is 0 Å². The van der Waals surface area contributed by atoms with Crippen molar-refractivity contribution in [3.05, 3.63) is 29.8 Å². The van der Waals surface area contributed by atoms with E-state index in [-0.39, 0.29) is 11.3 Å². The van der Waals surface area contributed by atoms with Gasteiger partial charge in [0.2, 0.25) is 0 Å². The number of hydrogen-bond acceptors (Lipinski definition) is 4. The molecule has 1 rings (SSSR count). The van der Waals surface area contributed by atoms with Crippen LogP contribution in [0.4, 0.5) is 26.3 Å². The molecule has 0 saturated heterocycles. The van der Waals surface area contributed by atoms with E-state index in [0.717, 1.165) is 12.1 Å². The maximum absolute atomic E-state index is 13.5. The quantitative estimate of drug-likeness (QED) is 0.383. The Kier molecular flexibility index (Phi) is 6.01. The minimum Gasteiger partial charge on any atom is -0.378 e. The molecular formula is C15H18F6O3S2. The fraction of sp³-hybridized carbons (Fsp3) is 0.600. The lowest BCUT2D eigenvalue weighted by Gasteiger charge is -2.29. The summed E-state index contributed by atoms with van der Waals surface area (Å²) in [7, 11) is -6.43. The van der Waals surface area contributed by atoms with Crippen molar-refractivity contribution in [3.8, 4) is 5.75 Å². The van der Waals surface area contributed by atoms with Gasteiger partial charge in [0.15, 0.2) is 0 Å². The molecule has 1 aromatic carbocycles. The Balaban J connectivity index is 3.15. The predicted molar refractivity (Wildman–Crippen MR) is 87.7 cm³/mol. The summed E-state index contributed by atoms with van der Waals surface area (Å²) in [6.45, 7) is 7.68. The van der Waals surface area contributed by atoms with Crippen LogP contribution < -0.4 is 4.18 Å². The summed E-state index contributed by atoms with van der Waals surface area (Å²) >= 11 is 2.07. The van der Waals surface area contributed by atoms with E-state index in [1.165, 1.54) is 12.1 Å². The maximum Gasteiger partial charge on any atom is 0.450 e. The molecule has 0 bridgehead atoms. The van der Waals surface area contributed by atoms with Crippen molar-refractivity contribution in [1.29, 1.82) is 0 Å². The highest BCUT2D eigenvalue weighted by Gasteiger charge is 2.77. The van der Waals surface area contributed by atoms with Gasteiger partial charge in [0.25, 0.3) is 0 Å². The molecule has 3 nitrogen and oxygen atoms in total. The molecule has 0 radical (unpaired) electrons. The minimum atomic E-state index is -6.43. The number of hydrogen-bond donors (Lipinski definition) is 1. The molecule has 1 unspecified atom stereocenters. The molecule has 0 saturated carbocycles. The van der Waals surface area contributed by atoms with E-state index < -0.39 is 32.3 Å². The molecule has 1 aromatic rings. The smallest absolute Gasteiger partial charge is 0.378 e. The van der Waals surface area contributed by atoms with E-state index in [0.29, 0.717) is 5.56 Å². The van der Waals surface area contributed by atoms with Crippen molar-refractivity contribution in [2.75, 3.05) is 0 Å². The lowest BCUT2D eigenvalue weighted by atomic mass is 9.78. The molecule has 0 heterocycles. The second kappa shape index (κ2) is 6.81. The van der Waals surface area contributed by atoms with Gasteiger partial charge < -0.3 is 4.18 Å². The lowest BCUT2D eigenvalue weighted by Crippen LogP contribution is -2.56. The highest BCUT2D eigenvalue weighted by Crippen LogP contribution is 2.50. The summed E-state index contributed by atoms with van der Waals surface area (Å²) < 4.78 is 106. The topological polar surface area (TPSA) is 43.4 Å². The number of thiol groups is 1. The van der Waals surface area contributed by atoms with E-state index in [1.807, 2.05) is 27.7 Å². The van der Waals surface area contributed by atoms with Gasteiger partial charge in [-0.25, -0.2) is 0 Å². The average molecular weight is 424 g/mol. The molecule has 11 heteroatoms. The van der Waals surface area contributed by atoms with Gasteiger partial charge in [-0.2, -0.15) is 34.8 Å². The van der Waals surface area contributed by atoms with Crippen LogP contribution in [0.3, 0.4) is 0 Å². The van der Waals surface area contributed by atoms with Crippen molar-refractivity contribution in [2.24, 2.45) is 5.41 Å². The fourth-order valence-electron chi connectivity index (χ4n) is 1.82. The monoisotopic (exact) mass is 424 g/mol. The van der Waals surface area contributed by atoms with E-state index in [4.69, 9.17) is 0 Å². The standard InChI is InChI=1S/C15H18F6O3S2/c1-9(12(2,3)4)10-5-7-11(8-6-10)24-26(22,23)15(20,21)13(16,17)14(18,19)25/h5-9,25H,1-4H3. The average Bonchev–Trinajstić information content (AvgIpc) is 2.44. The Morgan fingerprint density at radius 2 is 1.38 bits per heavy atom. The Hall–Kier alpha value is -1.10. The molecule has 0 amide bonds. The molecule has 0 aromatic heterocycles. The highest BCUT2D eigenvalue weighted by molar-refractivity contribution is 7.88. The first kappa shape index (κ1) is 22.9. The van der Waals surface area contributed by atoms with E-state index in [2.05, 4.69) is 16.8 Å². The van der Waals surface area contributed by atoms with Gasteiger partial charge in [-0.15, -0.1) is 0 Å². The number of halogens is 6. The Bertz CT molecular complexity index is 734. The first-order valence-corrected chi connectivity index (χ1v) is 9.10. The van der Waals surface area contributed by atoms with Gasteiger partial charge in [-0.05, 0) is 29.0 Å². The van der Waals surface area contributed by atoms with Crippen molar-refractivity contribution < 1.29 is 38.9 Å². The SMILES string of the molecule is CC(c1ccc(OS(=O)(=O)C(F)(F)C(F)(F)C(F)(F)S)cc1)C(C)(C)C. The minimum absolute atomic E-state index is 0.0122. The van der Waals surface area contributed by atoms with Crippen molar-refractivity contribution in [1.82, 2.24) is 0 Å². The van der Waals surface area contributed by atoms with Crippen LogP contribution in [0.15, 0.2) is 24.3 Å². The third-order valence-electron chi connectivity index (χ3n) is 3.94. The van der Waals surface area contributed by atoms with Crippen LogP contribution in [0, 0.1) is 5.41 Å². The summed E-state index contributed by atoms with van der Waals surface area (Å²) in [6, 6.07) is 4.68. The van der Waals surface area contributed by atoms with Crippen LogP contribution in [0.1, 0.15) is 39.2 Å². The molecule has 1 atom stereocenters. The molecule has 0 N–H and O–H groups in total. The van der Waals surface area contributed by atoms with Crippen LogP contribution >= 0.6 is 12.6 Å². The second-order valence-electron chi connectivity index (χ2n) is 6.83. The lowest BCUT2D eigenvalue weighted by molar-refractivity contribution is -0.241. The fourth-order valence-corrected chi connectivity index (χ4v) is 2.95. The Morgan fingerprint density at radius 1 is 0.962 bits per heavy atom. The van der Waals surface area contributed by atoms with Gasteiger partial charge in [0.1, 0.15) is 5.75 Å². The number of benzene rings is 1. The summed E-state index contributed by atoms with van der Waals surface area (Å²) in [5.41, 5.74) is 0.544. The molecule has 0 aliphatic rings. The van der Waals surface area contributed by atoms with Gasteiger partial charge in [0, 0.05) is 0 Å². The Morgan fingerprint density at radius 3 is 1.73 bits per heavy atom. The van der Waals surface area contributed by atoms with Crippen LogP contribution in [0.5, 0.6) is 5.75 Å². The van der Waals surface area contributed by atoms with Gasteiger partial charge in [-0.3, -0.25) is 0 Å². The summed E-state index contributed by atoms with van der Waals surface area (Å²) in [5.74, 6) is -7.02. The van der Waals surface area contributed by atoms with Crippen molar-refractivity contribution in [2.45, 2.75) is 50.0 Å². The van der Waals surface area contributed by atoms with Crippen LogP contribution in [-0.4, -0.2) is 24.8 Å². The van der Waals surface area contributed by atoms with E-state index in [1.54, 1.807) is 0 Å². The molecule has 0 aliphatic carbocycles.